The van der Waals surface area contributed by atoms with Crippen molar-refractivity contribution in [2.45, 2.75) is 68.9 Å². The zero-order valence-electron chi connectivity index (χ0n) is 27.0. The number of carbonyl (C=O) groups is 3. The molecule has 0 spiro atoms. The Morgan fingerprint density at radius 1 is 0.979 bits per heavy atom. The van der Waals surface area contributed by atoms with Gasteiger partial charge in [0.15, 0.2) is 0 Å². The zero-order chi connectivity index (χ0) is 33.9. The van der Waals surface area contributed by atoms with Crippen molar-refractivity contribution in [2.24, 2.45) is 5.92 Å². The number of carbonyl (C=O) groups excluding carboxylic acids is 2. The van der Waals surface area contributed by atoms with Gasteiger partial charge in [-0.2, -0.15) is 0 Å². The molecule has 2 amide bonds. The molecular formula is C35H41Cl2N3O7S. The third kappa shape index (κ3) is 7.67. The number of rotatable bonds is 11. The molecule has 1 aliphatic carbocycles. The average molecular weight is 719 g/mol. The standard InChI is InChI=1S/C35H41Cl2N3O7S/c1-45-30-16-39(17-31(30)46-2)22-13-23(18-47-24-9-7-20(8-10-24)35(43)44)40(15-22)33(41)12-21-11-28(37)29(14-27(21)36)38-34(42)26-19-48-32-6-4-3-5-25(26)32/h3-6,11,14,19-20,22-24,30-31H,7-10,12-13,15-18H2,1-2H3,(H,38,42)(H,43,44)/t20-,22-,23-,24-,30-,31+/m0/s1. The van der Waals surface area contributed by atoms with Crippen LogP contribution in [0.15, 0.2) is 41.8 Å². The summed E-state index contributed by atoms with van der Waals surface area (Å²) in [5.41, 5.74) is 1.50. The molecule has 0 unspecified atom stereocenters. The molecule has 4 atom stereocenters. The van der Waals surface area contributed by atoms with Crippen LogP contribution in [0.3, 0.4) is 0 Å². The minimum atomic E-state index is -0.747. The normalized spacial score (nSPS) is 26.3. The van der Waals surface area contributed by atoms with Crippen molar-refractivity contribution in [1.29, 1.82) is 0 Å². The first-order chi connectivity index (χ1) is 23.1. The fourth-order valence-electron chi connectivity index (χ4n) is 7.29. The van der Waals surface area contributed by atoms with Gasteiger partial charge < -0.3 is 29.5 Å². The highest BCUT2D eigenvalue weighted by molar-refractivity contribution is 7.17. The van der Waals surface area contributed by atoms with E-state index in [1.54, 1.807) is 26.4 Å². The summed E-state index contributed by atoms with van der Waals surface area (Å²) in [5, 5.41) is 15.6. The molecule has 2 saturated heterocycles. The van der Waals surface area contributed by atoms with Gasteiger partial charge in [0, 0.05) is 60.4 Å². The quantitative estimate of drug-likeness (QED) is 0.249. The highest BCUT2D eigenvalue weighted by Crippen LogP contribution is 2.34. The Bertz CT molecular complexity index is 1630. The second-order valence-electron chi connectivity index (χ2n) is 12.9. The van der Waals surface area contributed by atoms with Gasteiger partial charge in [-0.1, -0.05) is 41.4 Å². The monoisotopic (exact) mass is 717 g/mol. The molecule has 2 N–H and O–H groups in total. The van der Waals surface area contributed by atoms with E-state index in [9.17, 15) is 19.5 Å². The Labute approximate surface area is 294 Å². The fraction of sp³-hybridized carbons (Fsp3) is 0.514. The number of carboxylic acids is 1. The van der Waals surface area contributed by atoms with Crippen LogP contribution in [0.1, 0.15) is 48.0 Å². The van der Waals surface area contributed by atoms with E-state index in [1.165, 1.54) is 11.3 Å². The summed E-state index contributed by atoms with van der Waals surface area (Å²) in [7, 11) is 3.38. The molecule has 2 aromatic carbocycles. The van der Waals surface area contributed by atoms with Crippen LogP contribution in [0.5, 0.6) is 0 Å². The number of nitrogens with zero attached hydrogens (tertiary/aromatic N) is 2. The largest absolute Gasteiger partial charge is 0.481 e. The molecule has 6 rings (SSSR count). The second kappa shape index (κ2) is 15.4. The van der Waals surface area contributed by atoms with Crippen molar-refractivity contribution in [3.63, 3.8) is 0 Å². The molecule has 48 heavy (non-hydrogen) atoms. The molecule has 0 radical (unpaired) electrons. The van der Waals surface area contributed by atoms with Crippen LogP contribution in [-0.2, 0) is 30.2 Å². The first-order valence-corrected chi connectivity index (χ1v) is 18.0. The number of amides is 2. The topological polar surface area (TPSA) is 118 Å². The van der Waals surface area contributed by atoms with Gasteiger partial charge in [0.05, 0.1) is 59.6 Å². The summed E-state index contributed by atoms with van der Waals surface area (Å²) in [6.45, 7) is 2.32. The lowest BCUT2D eigenvalue weighted by atomic mass is 9.87. The third-order valence-electron chi connectivity index (χ3n) is 10.1. The van der Waals surface area contributed by atoms with Crippen molar-refractivity contribution < 1.29 is 33.7 Å². The van der Waals surface area contributed by atoms with Crippen LogP contribution in [0, 0.1) is 5.92 Å². The molecule has 10 nitrogen and oxygen atoms in total. The number of aliphatic carboxylic acids is 1. The van der Waals surface area contributed by atoms with E-state index in [4.69, 9.17) is 37.4 Å². The first kappa shape index (κ1) is 35.1. The van der Waals surface area contributed by atoms with Crippen LogP contribution >= 0.6 is 34.5 Å². The van der Waals surface area contributed by atoms with Gasteiger partial charge in [-0.15, -0.1) is 11.3 Å². The summed E-state index contributed by atoms with van der Waals surface area (Å²) >= 11 is 14.8. The highest BCUT2D eigenvalue weighted by atomic mass is 35.5. The molecule has 3 fully saturated rings. The number of thiophene rings is 1. The molecule has 0 bridgehead atoms. The molecule has 2 aliphatic heterocycles. The van der Waals surface area contributed by atoms with Gasteiger partial charge in [-0.25, -0.2) is 0 Å². The number of ether oxygens (including phenoxy) is 3. The molecule has 3 aliphatic rings. The number of likely N-dealkylation sites (tertiary alicyclic amines) is 2. The number of benzene rings is 2. The SMILES string of the molecule is CO[C@H]1CN([C@H]2C[C@@H](CO[C@H]3CC[C@H](C(=O)O)CC3)N(C(=O)Cc3cc(Cl)c(NC(=O)c4csc5ccccc45)cc3Cl)C2)C[C@H]1OC. The van der Waals surface area contributed by atoms with E-state index in [0.717, 1.165) is 16.5 Å². The van der Waals surface area contributed by atoms with Gasteiger partial charge in [0.1, 0.15) is 0 Å². The predicted molar refractivity (Wildman–Crippen MR) is 186 cm³/mol. The van der Waals surface area contributed by atoms with Gasteiger partial charge in [-0.05, 0) is 55.9 Å². The van der Waals surface area contributed by atoms with Gasteiger partial charge in [0.2, 0.25) is 5.91 Å². The van der Waals surface area contributed by atoms with Crippen molar-refractivity contribution in [3.8, 4) is 0 Å². The Kier molecular flexibility index (Phi) is 11.3. The summed E-state index contributed by atoms with van der Waals surface area (Å²) < 4.78 is 18.7. The maximum Gasteiger partial charge on any atom is 0.306 e. The van der Waals surface area contributed by atoms with Crippen molar-refractivity contribution >= 4 is 68.1 Å². The Hall–Kier alpha value is -2.77. The van der Waals surface area contributed by atoms with E-state index in [-0.39, 0.29) is 54.5 Å². The van der Waals surface area contributed by atoms with Gasteiger partial charge >= 0.3 is 5.97 Å². The first-order valence-electron chi connectivity index (χ1n) is 16.3. The smallest absolute Gasteiger partial charge is 0.306 e. The number of halogens is 2. The maximum absolute atomic E-state index is 14.0. The predicted octanol–water partition coefficient (Wildman–Crippen LogP) is 5.98. The Morgan fingerprint density at radius 3 is 2.38 bits per heavy atom. The van der Waals surface area contributed by atoms with E-state index >= 15 is 0 Å². The summed E-state index contributed by atoms with van der Waals surface area (Å²) in [5.74, 6) is -1.44. The van der Waals surface area contributed by atoms with Crippen LogP contribution in [-0.4, -0.2) is 104 Å². The number of fused-ring (bicyclic) bond motifs is 1. The number of anilines is 1. The molecular weight excluding hydrogens is 677 g/mol. The molecule has 1 saturated carbocycles. The van der Waals surface area contributed by atoms with Gasteiger partial charge in [-0.3, -0.25) is 19.3 Å². The Morgan fingerprint density at radius 2 is 1.69 bits per heavy atom. The van der Waals surface area contributed by atoms with Crippen LogP contribution in [0.4, 0.5) is 5.69 Å². The van der Waals surface area contributed by atoms with Crippen molar-refractivity contribution in [2.75, 3.05) is 45.8 Å². The minimum Gasteiger partial charge on any atom is -0.481 e. The van der Waals surface area contributed by atoms with Crippen molar-refractivity contribution in [1.82, 2.24) is 9.80 Å². The highest BCUT2D eigenvalue weighted by Gasteiger charge is 2.43. The number of hydrogen-bond acceptors (Lipinski definition) is 8. The summed E-state index contributed by atoms with van der Waals surface area (Å²) in [6.07, 6.45) is 3.24. The molecule has 3 heterocycles. The van der Waals surface area contributed by atoms with Crippen LogP contribution in [0.2, 0.25) is 10.0 Å². The third-order valence-corrected chi connectivity index (χ3v) is 11.7. The number of methoxy groups -OCH3 is 2. The van der Waals surface area contributed by atoms with E-state index in [0.29, 0.717) is 78.8 Å². The lowest BCUT2D eigenvalue weighted by Gasteiger charge is -2.30. The lowest BCUT2D eigenvalue weighted by molar-refractivity contribution is -0.144. The van der Waals surface area contributed by atoms with Crippen LogP contribution in [0.25, 0.3) is 10.1 Å². The summed E-state index contributed by atoms with van der Waals surface area (Å²) in [4.78, 5) is 42.7. The van der Waals surface area contributed by atoms with E-state index < -0.39 is 5.97 Å². The lowest BCUT2D eigenvalue weighted by Crippen LogP contribution is -2.41. The number of hydrogen-bond donors (Lipinski definition) is 2. The zero-order valence-corrected chi connectivity index (χ0v) is 29.4. The molecule has 258 valence electrons. The van der Waals surface area contributed by atoms with Gasteiger partial charge in [0.25, 0.3) is 5.91 Å². The molecule has 3 aromatic rings. The second-order valence-corrected chi connectivity index (χ2v) is 14.7. The molecule has 1 aromatic heterocycles. The molecule has 13 heteroatoms. The van der Waals surface area contributed by atoms with E-state index in [1.807, 2.05) is 34.5 Å². The number of nitrogens with one attached hydrogen (secondary N) is 1. The van der Waals surface area contributed by atoms with Crippen molar-refractivity contribution in [3.05, 3.63) is 63.0 Å². The minimum absolute atomic E-state index is 0.0257. The summed E-state index contributed by atoms with van der Waals surface area (Å²) in [6, 6.07) is 10.9. The van der Waals surface area contributed by atoms with Crippen LogP contribution < -0.4 is 5.32 Å². The maximum atomic E-state index is 14.0. The number of carboxylic acid groups (broad SMARTS) is 1. The van der Waals surface area contributed by atoms with E-state index in [2.05, 4.69) is 10.2 Å². The average Bonchev–Trinajstić information content (AvgIpc) is 3.83. The fourth-order valence-corrected chi connectivity index (χ4v) is 8.70. The Balaban J connectivity index is 1.14.